The zero-order chi connectivity index (χ0) is 25.9. The number of hydrogen-bond donors (Lipinski definition) is 2. The number of methoxy groups -OCH3 is 2. The number of aromatic nitrogens is 2. The first kappa shape index (κ1) is 23.9. The third-order valence-electron chi connectivity index (χ3n) is 6.32. The van der Waals surface area contributed by atoms with Gasteiger partial charge < -0.3 is 24.4 Å². The van der Waals surface area contributed by atoms with Crippen molar-refractivity contribution in [2.45, 2.75) is 19.5 Å². The Labute approximate surface area is 214 Å². The van der Waals surface area contributed by atoms with E-state index < -0.39 is 6.04 Å². The number of carbonyl (C=O) groups is 1. The summed E-state index contributed by atoms with van der Waals surface area (Å²) in [5.74, 6) is 1.68. The fraction of sp³-hybridized carbons (Fsp3) is 0.179. The standard InChI is InChI=1S/C28H26N4O5/c1-17-24(27-30-26(31-37-27)19-9-12-21(35-2)13-10-19)25(20-11-14-23(36-3)22(33)15-20)29-28(34)32(17)16-18-7-5-4-6-8-18/h4-15,25,33H,16H2,1-3H3,(H,29,34). The highest BCUT2D eigenvalue weighted by Crippen LogP contribution is 2.40. The Hall–Kier alpha value is -4.79. The molecule has 0 saturated carbocycles. The van der Waals surface area contributed by atoms with Gasteiger partial charge in [-0.2, -0.15) is 4.98 Å². The van der Waals surface area contributed by atoms with Crippen LogP contribution < -0.4 is 14.8 Å². The molecule has 0 spiro atoms. The summed E-state index contributed by atoms with van der Waals surface area (Å²) in [4.78, 5) is 19.6. The highest BCUT2D eigenvalue weighted by molar-refractivity contribution is 5.87. The maximum atomic E-state index is 13.3. The summed E-state index contributed by atoms with van der Waals surface area (Å²) in [6.07, 6.45) is 0. The van der Waals surface area contributed by atoms with Gasteiger partial charge in [0.05, 0.1) is 32.4 Å². The van der Waals surface area contributed by atoms with Crippen LogP contribution >= 0.6 is 0 Å². The lowest BCUT2D eigenvalue weighted by Gasteiger charge is -2.35. The van der Waals surface area contributed by atoms with Crippen LogP contribution in [-0.4, -0.2) is 40.4 Å². The average Bonchev–Trinajstić information content (AvgIpc) is 3.41. The topological polar surface area (TPSA) is 110 Å². The molecule has 188 valence electrons. The van der Waals surface area contributed by atoms with E-state index in [0.29, 0.717) is 35.0 Å². The van der Waals surface area contributed by atoms with E-state index >= 15 is 0 Å². The number of nitrogens with zero attached hydrogens (tertiary/aromatic N) is 3. The predicted molar refractivity (Wildman–Crippen MR) is 137 cm³/mol. The van der Waals surface area contributed by atoms with Crippen LogP contribution in [0.2, 0.25) is 0 Å². The Balaban J connectivity index is 1.59. The molecule has 2 amide bonds. The first-order chi connectivity index (χ1) is 18.0. The average molecular weight is 499 g/mol. The molecule has 0 saturated heterocycles. The molecule has 0 bridgehead atoms. The molecule has 2 heterocycles. The molecule has 9 nitrogen and oxygen atoms in total. The number of hydrogen-bond acceptors (Lipinski definition) is 7. The molecule has 2 N–H and O–H groups in total. The van der Waals surface area contributed by atoms with Gasteiger partial charge in [0, 0.05) is 11.3 Å². The summed E-state index contributed by atoms with van der Waals surface area (Å²) in [6.45, 7) is 2.21. The largest absolute Gasteiger partial charge is 0.504 e. The van der Waals surface area contributed by atoms with E-state index in [1.165, 1.54) is 7.11 Å². The van der Waals surface area contributed by atoms with Gasteiger partial charge in [0.2, 0.25) is 5.82 Å². The number of carbonyl (C=O) groups excluding carboxylic acids is 1. The number of ether oxygens (including phenoxy) is 2. The first-order valence-corrected chi connectivity index (χ1v) is 11.7. The fourth-order valence-corrected chi connectivity index (χ4v) is 4.34. The number of allylic oxidation sites excluding steroid dienone is 1. The second kappa shape index (κ2) is 10.1. The summed E-state index contributed by atoms with van der Waals surface area (Å²) in [7, 11) is 3.08. The van der Waals surface area contributed by atoms with Gasteiger partial charge in [-0.3, -0.25) is 4.90 Å². The van der Waals surface area contributed by atoms with E-state index in [-0.39, 0.29) is 17.7 Å². The van der Waals surface area contributed by atoms with E-state index in [9.17, 15) is 9.90 Å². The van der Waals surface area contributed by atoms with Crippen molar-refractivity contribution in [3.63, 3.8) is 0 Å². The molecule has 1 aliphatic heterocycles. The smallest absolute Gasteiger partial charge is 0.322 e. The molecule has 1 unspecified atom stereocenters. The van der Waals surface area contributed by atoms with Gasteiger partial charge in [0.1, 0.15) is 5.75 Å². The number of phenols is 1. The van der Waals surface area contributed by atoms with Crippen LogP contribution in [0.1, 0.15) is 30.0 Å². The molecule has 3 aromatic carbocycles. The quantitative estimate of drug-likeness (QED) is 0.362. The van der Waals surface area contributed by atoms with Crippen molar-refractivity contribution in [2.75, 3.05) is 14.2 Å². The lowest BCUT2D eigenvalue weighted by atomic mass is 9.94. The van der Waals surface area contributed by atoms with Gasteiger partial charge in [-0.05, 0) is 54.4 Å². The van der Waals surface area contributed by atoms with Crippen LogP contribution in [0.15, 0.2) is 83.0 Å². The lowest BCUT2D eigenvalue weighted by molar-refractivity contribution is 0.203. The molecule has 0 fully saturated rings. The van der Waals surface area contributed by atoms with Crippen LogP contribution in [0.25, 0.3) is 17.0 Å². The number of nitrogens with one attached hydrogen (secondary N) is 1. The Bertz CT molecular complexity index is 1450. The van der Waals surface area contributed by atoms with Crippen LogP contribution in [0, 0.1) is 0 Å². The molecule has 37 heavy (non-hydrogen) atoms. The van der Waals surface area contributed by atoms with Crippen LogP contribution in [0.5, 0.6) is 17.2 Å². The molecule has 4 aromatic rings. The van der Waals surface area contributed by atoms with E-state index in [1.54, 1.807) is 30.2 Å². The van der Waals surface area contributed by atoms with Gasteiger partial charge in [0.15, 0.2) is 11.5 Å². The van der Waals surface area contributed by atoms with E-state index in [4.69, 9.17) is 14.0 Å². The molecule has 1 aliphatic rings. The first-order valence-electron chi connectivity index (χ1n) is 11.7. The highest BCUT2D eigenvalue weighted by Gasteiger charge is 2.36. The number of aromatic hydroxyl groups is 1. The number of urea groups is 1. The van der Waals surface area contributed by atoms with Gasteiger partial charge in [-0.1, -0.05) is 41.6 Å². The number of rotatable bonds is 7. The van der Waals surface area contributed by atoms with Crippen molar-refractivity contribution >= 4 is 11.6 Å². The van der Waals surface area contributed by atoms with Crippen molar-refractivity contribution in [3.05, 3.63) is 95.5 Å². The molecule has 1 atom stereocenters. The van der Waals surface area contributed by atoms with E-state index in [0.717, 1.165) is 16.9 Å². The Morgan fingerprint density at radius 3 is 2.46 bits per heavy atom. The van der Waals surface area contributed by atoms with Crippen LogP contribution in [0.3, 0.4) is 0 Å². The maximum Gasteiger partial charge on any atom is 0.322 e. The van der Waals surface area contributed by atoms with Crippen molar-refractivity contribution in [3.8, 4) is 28.6 Å². The van der Waals surface area contributed by atoms with Crippen molar-refractivity contribution in [2.24, 2.45) is 0 Å². The lowest BCUT2D eigenvalue weighted by Crippen LogP contribution is -2.45. The molecular formula is C28H26N4O5. The van der Waals surface area contributed by atoms with Crippen molar-refractivity contribution < 1.29 is 23.9 Å². The second-order valence-corrected chi connectivity index (χ2v) is 8.54. The van der Waals surface area contributed by atoms with Crippen LogP contribution in [0.4, 0.5) is 4.79 Å². The highest BCUT2D eigenvalue weighted by atomic mass is 16.5. The summed E-state index contributed by atoms with van der Waals surface area (Å²) >= 11 is 0. The molecule has 5 rings (SSSR count). The maximum absolute atomic E-state index is 13.3. The second-order valence-electron chi connectivity index (χ2n) is 8.54. The van der Waals surface area contributed by atoms with Gasteiger partial charge in [0.25, 0.3) is 5.89 Å². The van der Waals surface area contributed by atoms with Gasteiger partial charge in [-0.25, -0.2) is 4.79 Å². The summed E-state index contributed by atoms with van der Waals surface area (Å²) in [6, 6.07) is 21.1. The minimum absolute atomic E-state index is 0.0394. The normalized spacial score (nSPS) is 15.5. The summed E-state index contributed by atoms with van der Waals surface area (Å²) in [5.41, 5.74) is 3.67. The monoisotopic (exact) mass is 498 g/mol. The Kier molecular flexibility index (Phi) is 6.51. The third-order valence-corrected chi connectivity index (χ3v) is 6.32. The molecular weight excluding hydrogens is 472 g/mol. The number of phenolic OH excluding ortho intramolecular Hbond substituents is 1. The van der Waals surface area contributed by atoms with Crippen LogP contribution in [-0.2, 0) is 6.54 Å². The SMILES string of the molecule is COc1ccc(-c2noc(C3=C(C)N(Cc4ccccc4)C(=O)NC3c3ccc(OC)c(O)c3)n2)cc1. The molecule has 0 aliphatic carbocycles. The zero-order valence-electron chi connectivity index (χ0n) is 20.6. The molecule has 0 radical (unpaired) electrons. The fourth-order valence-electron chi connectivity index (χ4n) is 4.34. The Morgan fingerprint density at radius 1 is 1.03 bits per heavy atom. The van der Waals surface area contributed by atoms with Crippen molar-refractivity contribution in [1.29, 1.82) is 0 Å². The number of benzene rings is 3. The van der Waals surface area contributed by atoms with E-state index in [2.05, 4.69) is 15.5 Å². The predicted octanol–water partition coefficient (Wildman–Crippen LogP) is 5.16. The van der Waals surface area contributed by atoms with Gasteiger partial charge >= 0.3 is 6.03 Å². The summed E-state index contributed by atoms with van der Waals surface area (Å²) in [5, 5.41) is 17.7. The molecule has 1 aromatic heterocycles. The van der Waals surface area contributed by atoms with Gasteiger partial charge in [-0.15, -0.1) is 0 Å². The van der Waals surface area contributed by atoms with E-state index in [1.807, 2.05) is 61.5 Å². The number of amides is 2. The zero-order valence-corrected chi connectivity index (χ0v) is 20.6. The minimum atomic E-state index is -0.638. The molecule has 9 heteroatoms. The Morgan fingerprint density at radius 2 is 1.78 bits per heavy atom. The van der Waals surface area contributed by atoms with Crippen molar-refractivity contribution in [1.82, 2.24) is 20.4 Å². The summed E-state index contributed by atoms with van der Waals surface area (Å²) < 4.78 is 16.1. The minimum Gasteiger partial charge on any atom is -0.504 e. The third kappa shape index (κ3) is 4.71.